The summed E-state index contributed by atoms with van der Waals surface area (Å²) < 4.78 is 30.3. The number of nitrogens with zero attached hydrogens (tertiary/aromatic N) is 1. The topological polar surface area (TPSA) is 87.7 Å². The maximum atomic E-state index is 12.1. The van der Waals surface area contributed by atoms with E-state index in [0.29, 0.717) is 38.9 Å². The van der Waals surface area contributed by atoms with Crippen LogP contribution < -0.4 is 10.6 Å². The van der Waals surface area contributed by atoms with Crippen LogP contribution in [0.2, 0.25) is 0 Å². The van der Waals surface area contributed by atoms with Gasteiger partial charge in [-0.2, -0.15) is 0 Å². The van der Waals surface area contributed by atoms with Gasteiger partial charge in [0.05, 0.1) is 17.9 Å². The van der Waals surface area contributed by atoms with E-state index >= 15 is 0 Å². The lowest BCUT2D eigenvalue weighted by Gasteiger charge is -2.31. The van der Waals surface area contributed by atoms with Crippen molar-refractivity contribution < 1.29 is 17.9 Å². The molecule has 7 nitrogen and oxygen atoms in total. The van der Waals surface area contributed by atoms with Gasteiger partial charge in [0, 0.05) is 32.8 Å². The monoisotopic (exact) mass is 319 g/mol. The summed E-state index contributed by atoms with van der Waals surface area (Å²) in [5, 5.41) is 6.16. The maximum absolute atomic E-state index is 12.1. The fourth-order valence-corrected chi connectivity index (χ4v) is 3.98. The number of methoxy groups -OCH3 is 1. The number of carbonyl (C=O) groups excluding carboxylic acids is 1. The molecule has 0 aromatic carbocycles. The summed E-state index contributed by atoms with van der Waals surface area (Å²) in [5.74, 6) is 0.125. The lowest BCUT2D eigenvalue weighted by atomic mass is 10.1. The molecule has 2 aliphatic heterocycles. The molecule has 2 atom stereocenters. The molecule has 0 aromatic heterocycles. The van der Waals surface area contributed by atoms with Crippen molar-refractivity contribution in [2.24, 2.45) is 0 Å². The number of carbonyl (C=O) groups is 1. The van der Waals surface area contributed by atoms with Crippen LogP contribution in [0.15, 0.2) is 0 Å². The van der Waals surface area contributed by atoms with Gasteiger partial charge in [0.1, 0.15) is 0 Å². The van der Waals surface area contributed by atoms with Gasteiger partial charge in [0.15, 0.2) is 0 Å². The third-order valence-corrected chi connectivity index (χ3v) is 6.18. The molecule has 0 aliphatic carbocycles. The molecule has 0 spiro atoms. The summed E-state index contributed by atoms with van der Waals surface area (Å²) in [6.45, 7) is 3.32. The Morgan fingerprint density at radius 3 is 2.57 bits per heavy atom. The van der Waals surface area contributed by atoms with Gasteiger partial charge in [0.25, 0.3) is 0 Å². The van der Waals surface area contributed by atoms with E-state index < -0.39 is 10.0 Å². The predicted molar refractivity (Wildman–Crippen MR) is 79.4 cm³/mol. The molecule has 122 valence electrons. The average Bonchev–Trinajstić information content (AvgIpc) is 2.97. The van der Waals surface area contributed by atoms with Crippen molar-refractivity contribution in [3.63, 3.8) is 0 Å². The van der Waals surface area contributed by atoms with E-state index in [1.165, 1.54) is 4.31 Å². The van der Waals surface area contributed by atoms with E-state index in [4.69, 9.17) is 4.74 Å². The number of sulfonamides is 1. The van der Waals surface area contributed by atoms with Crippen molar-refractivity contribution in [3.8, 4) is 0 Å². The van der Waals surface area contributed by atoms with E-state index in [-0.39, 0.29) is 29.8 Å². The van der Waals surface area contributed by atoms with Gasteiger partial charge in [-0.05, 0) is 26.2 Å². The fourth-order valence-electron chi connectivity index (χ4n) is 2.85. The van der Waals surface area contributed by atoms with E-state index in [1.807, 2.05) is 0 Å². The van der Waals surface area contributed by atoms with Crippen LogP contribution in [-0.2, 0) is 19.6 Å². The van der Waals surface area contributed by atoms with Crippen LogP contribution >= 0.6 is 0 Å². The molecule has 8 heteroatoms. The molecule has 2 heterocycles. The lowest BCUT2D eigenvalue weighted by Crippen LogP contribution is -2.50. The molecule has 2 fully saturated rings. The van der Waals surface area contributed by atoms with Gasteiger partial charge in [-0.3, -0.25) is 4.79 Å². The van der Waals surface area contributed by atoms with E-state index in [2.05, 4.69) is 10.6 Å². The molecule has 0 radical (unpaired) electrons. The minimum Gasteiger partial charge on any atom is -0.380 e. The van der Waals surface area contributed by atoms with Gasteiger partial charge in [0.2, 0.25) is 15.9 Å². The summed E-state index contributed by atoms with van der Waals surface area (Å²) in [4.78, 5) is 12.1. The van der Waals surface area contributed by atoms with E-state index in [1.54, 1.807) is 14.0 Å². The average molecular weight is 319 g/mol. The summed E-state index contributed by atoms with van der Waals surface area (Å²) in [6, 6.07) is -0.142. The van der Waals surface area contributed by atoms with Crippen LogP contribution in [-0.4, -0.2) is 69.3 Å². The first-order valence-corrected chi connectivity index (χ1v) is 9.11. The largest absolute Gasteiger partial charge is 0.380 e. The zero-order valence-electron chi connectivity index (χ0n) is 12.7. The molecule has 2 rings (SSSR count). The Balaban J connectivity index is 1.77. The molecule has 0 aromatic rings. The molecule has 2 aliphatic rings. The fraction of sp³-hybridized carbons (Fsp3) is 0.923. The number of hydrogen-bond acceptors (Lipinski definition) is 5. The van der Waals surface area contributed by atoms with Gasteiger partial charge in [-0.25, -0.2) is 12.7 Å². The number of amides is 1. The summed E-state index contributed by atoms with van der Waals surface area (Å²) in [6.07, 6.45) is 2.12. The maximum Gasteiger partial charge on any atom is 0.237 e. The van der Waals surface area contributed by atoms with E-state index in [0.717, 1.165) is 0 Å². The number of piperidine rings is 1. The second-order valence-electron chi connectivity index (χ2n) is 5.64. The third kappa shape index (κ3) is 4.15. The highest BCUT2D eigenvalue weighted by Crippen LogP contribution is 2.16. The smallest absolute Gasteiger partial charge is 0.237 e. The standard InChI is InChI=1S/C13H25N3O4S/c1-3-21(18,19)16-6-4-10(5-7-16)15-13(17)12-8-11(20-2)9-14-12/h10-12,14H,3-9H2,1-2H3,(H,15,17). The number of rotatable bonds is 5. The molecule has 2 saturated heterocycles. The Morgan fingerprint density at radius 2 is 2.05 bits per heavy atom. The zero-order chi connectivity index (χ0) is 15.5. The number of ether oxygens (including phenoxy) is 1. The SMILES string of the molecule is CCS(=O)(=O)N1CCC(NC(=O)C2CC(OC)CN2)CC1. The molecular formula is C13H25N3O4S. The minimum atomic E-state index is -3.11. The Bertz CT molecular complexity index is 460. The molecule has 2 unspecified atom stereocenters. The van der Waals surface area contributed by atoms with Crippen molar-refractivity contribution in [1.82, 2.24) is 14.9 Å². The van der Waals surface area contributed by atoms with Crippen LogP contribution in [0.1, 0.15) is 26.2 Å². The normalized spacial score (nSPS) is 28.7. The second-order valence-corrected chi connectivity index (χ2v) is 7.89. The zero-order valence-corrected chi connectivity index (χ0v) is 13.5. The second kappa shape index (κ2) is 7.04. The van der Waals surface area contributed by atoms with Crippen LogP contribution in [0, 0.1) is 0 Å². The van der Waals surface area contributed by atoms with Crippen molar-refractivity contribution in [2.45, 2.75) is 44.4 Å². The Labute approximate surface area is 126 Å². The third-order valence-electron chi connectivity index (χ3n) is 4.30. The van der Waals surface area contributed by atoms with Gasteiger partial charge in [-0.1, -0.05) is 0 Å². The van der Waals surface area contributed by atoms with Crippen molar-refractivity contribution in [2.75, 3.05) is 32.5 Å². The van der Waals surface area contributed by atoms with E-state index in [9.17, 15) is 13.2 Å². The van der Waals surface area contributed by atoms with Crippen molar-refractivity contribution >= 4 is 15.9 Å². The molecule has 1 amide bonds. The van der Waals surface area contributed by atoms with Crippen LogP contribution in [0.25, 0.3) is 0 Å². The minimum absolute atomic E-state index is 0.00801. The first kappa shape index (κ1) is 16.7. The lowest BCUT2D eigenvalue weighted by molar-refractivity contribution is -0.123. The highest BCUT2D eigenvalue weighted by atomic mass is 32.2. The van der Waals surface area contributed by atoms with Crippen molar-refractivity contribution in [1.29, 1.82) is 0 Å². The highest BCUT2D eigenvalue weighted by molar-refractivity contribution is 7.89. The quantitative estimate of drug-likeness (QED) is 0.699. The number of hydrogen-bond donors (Lipinski definition) is 2. The molecule has 0 bridgehead atoms. The van der Waals surface area contributed by atoms with Crippen LogP contribution in [0.4, 0.5) is 0 Å². The van der Waals surface area contributed by atoms with Gasteiger partial charge in [-0.15, -0.1) is 0 Å². The highest BCUT2D eigenvalue weighted by Gasteiger charge is 2.32. The molecule has 2 N–H and O–H groups in total. The predicted octanol–water partition coefficient (Wildman–Crippen LogP) is -0.706. The summed E-state index contributed by atoms with van der Waals surface area (Å²) in [7, 11) is -1.46. The Hall–Kier alpha value is -0.700. The Kier molecular flexibility index (Phi) is 5.59. The Morgan fingerprint density at radius 1 is 1.38 bits per heavy atom. The van der Waals surface area contributed by atoms with Gasteiger partial charge >= 0.3 is 0 Å². The molecular weight excluding hydrogens is 294 g/mol. The molecule has 0 saturated carbocycles. The first-order chi connectivity index (χ1) is 9.96. The molecule has 21 heavy (non-hydrogen) atoms. The van der Waals surface area contributed by atoms with Crippen LogP contribution in [0.3, 0.4) is 0 Å². The first-order valence-electron chi connectivity index (χ1n) is 7.50. The van der Waals surface area contributed by atoms with Crippen LogP contribution in [0.5, 0.6) is 0 Å². The summed E-state index contributed by atoms with van der Waals surface area (Å²) in [5.41, 5.74) is 0. The van der Waals surface area contributed by atoms with Gasteiger partial charge < -0.3 is 15.4 Å². The van der Waals surface area contributed by atoms with Crippen molar-refractivity contribution in [3.05, 3.63) is 0 Å². The number of nitrogens with one attached hydrogen (secondary N) is 2. The summed E-state index contributed by atoms with van der Waals surface area (Å²) >= 11 is 0.